The summed E-state index contributed by atoms with van der Waals surface area (Å²) in [6.45, 7) is 2.43. The minimum atomic E-state index is 0. The van der Waals surface area contributed by atoms with Gasteiger partial charge in [-0.15, -0.1) is 12.4 Å². The molecule has 5 heteroatoms. The van der Waals surface area contributed by atoms with Crippen molar-refractivity contribution < 1.29 is 9.53 Å². The molecule has 0 aromatic heterocycles. The highest BCUT2D eigenvalue weighted by Crippen LogP contribution is 2.20. The van der Waals surface area contributed by atoms with Crippen LogP contribution in [0.4, 0.5) is 0 Å². The number of carbonyl (C=O) groups is 1. The van der Waals surface area contributed by atoms with Crippen molar-refractivity contribution in [2.24, 2.45) is 5.92 Å². The number of methoxy groups -OCH3 is 1. The van der Waals surface area contributed by atoms with Gasteiger partial charge in [0.05, 0.1) is 13.0 Å². The number of para-hydroxylation sites is 1. The average molecular weight is 299 g/mol. The fraction of sp³-hybridized carbons (Fsp3) is 0.533. The predicted octanol–water partition coefficient (Wildman–Crippen LogP) is 2.08. The van der Waals surface area contributed by atoms with E-state index in [1.54, 1.807) is 12.0 Å². The van der Waals surface area contributed by atoms with Crippen molar-refractivity contribution in [3.05, 3.63) is 29.8 Å². The van der Waals surface area contributed by atoms with Gasteiger partial charge >= 0.3 is 0 Å². The van der Waals surface area contributed by atoms with Gasteiger partial charge in [0.25, 0.3) is 0 Å². The quantitative estimate of drug-likeness (QED) is 0.925. The number of carbonyl (C=O) groups excluding carboxylic acids is 1. The highest BCUT2D eigenvalue weighted by Gasteiger charge is 2.24. The molecule has 1 fully saturated rings. The van der Waals surface area contributed by atoms with Crippen LogP contribution in [0.2, 0.25) is 0 Å². The number of amides is 1. The normalized spacial score (nSPS) is 18.0. The summed E-state index contributed by atoms with van der Waals surface area (Å²) in [5, 5.41) is 3.28. The van der Waals surface area contributed by atoms with Crippen LogP contribution < -0.4 is 10.1 Å². The minimum absolute atomic E-state index is 0. The van der Waals surface area contributed by atoms with Crippen LogP contribution in [0.5, 0.6) is 5.75 Å². The van der Waals surface area contributed by atoms with Gasteiger partial charge in [0.15, 0.2) is 0 Å². The molecule has 1 aliphatic heterocycles. The first-order valence-electron chi connectivity index (χ1n) is 6.80. The number of nitrogens with zero attached hydrogens (tertiary/aromatic N) is 1. The third-order valence-corrected chi connectivity index (χ3v) is 3.62. The molecule has 0 aliphatic carbocycles. The van der Waals surface area contributed by atoms with Crippen LogP contribution >= 0.6 is 12.4 Å². The molecule has 112 valence electrons. The third-order valence-electron chi connectivity index (χ3n) is 3.62. The van der Waals surface area contributed by atoms with E-state index in [9.17, 15) is 4.79 Å². The molecule has 1 heterocycles. The number of hydrogen-bond acceptors (Lipinski definition) is 3. The Kier molecular flexibility index (Phi) is 6.82. The summed E-state index contributed by atoms with van der Waals surface area (Å²) in [7, 11) is 3.52. The van der Waals surface area contributed by atoms with Crippen molar-refractivity contribution in [3.63, 3.8) is 0 Å². The number of halogens is 1. The Labute approximate surface area is 126 Å². The standard InChI is InChI=1S/C15H22N2O2.ClH/c1-17(15(18)12-7-5-9-16-10-12)11-13-6-3-4-8-14(13)19-2;/h3-4,6,8,12,16H,5,7,9-11H2,1-2H3;1H. The lowest BCUT2D eigenvalue weighted by molar-refractivity contribution is -0.135. The second kappa shape index (κ2) is 8.12. The molecule has 2 rings (SSSR count). The van der Waals surface area contributed by atoms with Gasteiger partial charge in [-0.3, -0.25) is 4.79 Å². The fourth-order valence-electron chi connectivity index (χ4n) is 2.54. The molecule has 1 saturated heterocycles. The minimum Gasteiger partial charge on any atom is -0.496 e. The van der Waals surface area contributed by atoms with E-state index in [4.69, 9.17) is 4.74 Å². The molecule has 0 spiro atoms. The van der Waals surface area contributed by atoms with Crippen molar-refractivity contribution in [2.75, 3.05) is 27.2 Å². The highest BCUT2D eigenvalue weighted by molar-refractivity contribution is 5.85. The molecule has 0 bridgehead atoms. The zero-order chi connectivity index (χ0) is 13.7. The largest absolute Gasteiger partial charge is 0.496 e. The van der Waals surface area contributed by atoms with Gasteiger partial charge in [0.1, 0.15) is 5.75 Å². The maximum atomic E-state index is 12.3. The van der Waals surface area contributed by atoms with Crippen molar-refractivity contribution >= 4 is 18.3 Å². The molecule has 1 N–H and O–H groups in total. The smallest absolute Gasteiger partial charge is 0.227 e. The van der Waals surface area contributed by atoms with E-state index >= 15 is 0 Å². The van der Waals surface area contributed by atoms with E-state index in [1.165, 1.54) is 0 Å². The molecular formula is C15H23ClN2O2. The van der Waals surface area contributed by atoms with Crippen molar-refractivity contribution in [2.45, 2.75) is 19.4 Å². The van der Waals surface area contributed by atoms with Crippen LogP contribution in [0.15, 0.2) is 24.3 Å². The van der Waals surface area contributed by atoms with E-state index in [2.05, 4.69) is 5.32 Å². The molecule has 4 nitrogen and oxygen atoms in total. The number of hydrogen-bond donors (Lipinski definition) is 1. The zero-order valence-corrected chi connectivity index (χ0v) is 12.9. The first-order valence-corrected chi connectivity index (χ1v) is 6.80. The van der Waals surface area contributed by atoms with E-state index in [0.29, 0.717) is 6.54 Å². The van der Waals surface area contributed by atoms with Gasteiger partial charge in [0.2, 0.25) is 5.91 Å². The zero-order valence-electron chi connectivity index (χ0n) is 12.1. The lowest BCUT2D eigenvalue weighted by Crippen LogP contribution is -2.41. The average Bonchev–Trinajstić information content (AvgIpc) is 2.48. The number of piperidine rings is 1. The van der Waals surface area contributed by atoms with Crippen LogP contribution in [0, 0.1) is 5.92 Å². The monoisotopic (exact) mass is 298 g/mol. The highest BCUT2D eigenvalue weighted by atomic mass is 35.5. The van der Waals surface area contributed by atoms with Gasteiger partial charge in [-0.1, -0.05) is 18.2 Å². The van der Waals surface area contributed by atoms with Crippen LogP contribution in [0.1, 0.15) is 18.4 Å². The van der Waals surface area contributed by atoms with E-state index < -0.39 is 0 Å². The Morgan fingerprint density at radius 1 is 1.45 bits per heavy atom. The summed E-state index contributed by atoms with van der Waals surface area (Å²) in [6.07, 6.45) is 2.07. The fourth-order valence-corrected chi connectivity index (χ4v) is 2.54. The Morgan fingerprint density at radius 2 is 2.20 bits per heavy atom. The topological polar surface area (TPSA) is 41.6 Å². The summed E-state index contributed by atoms with van der Waals surface area (Å²) >= 11 is 0. The number of nitrogens with one attached hydrogen (secondary N) is 1. The molecule has 1 atom stereocenters. The van der Waals surface area contributed by atoms with E-state index in [-0.39, 0.29) is 24.2 Å². The summed E-state index contributed by atoms with van der Waals surface area (Å²) in [5.41, 5.74) is 1.05. The summed E-state index contributed by atoms with van der Waals surface area (Å²) in [6, 6.07) is 7.84. The third kappa shape index (κ3) is 4.12. The Morgan fingerprint density at radius 3 is 2.85 bits per heavy atom. The number of benzene rings is 1. The molecule has 1 amide bonds. The summed E-state index contributed by atoms with van der Waals surface area (Å²) in [5.74, 6) is 1.18. The molecular weight excluding hydrogens is 276 g/mol. The van der Waals surface area contributed by atoms with Crippen molar-refractivity contribution in [1.82, 2.24) is 10.2 Å². The number of ether oxygens (including phenoxy) is 1. The Bertz CT molecular complexity index is 434. The second-order valence-corrected chi connectivity index (χ2v) is 5.05. The lowest BCUT2D eigenvalue weighted by atomic mass is 9.98. The molecule has 1 unspecified atom stereocenters. The van der Waals surface area contributed by atoms with E-state index in [1.807, 2.05) is 31.3 Å². The Balaban J connectivity index is 0.00000200. The molecule has 0 saturated carbocycles. The van der Waals surface area contributed by atoms with Gasteiger partial charge < -0.3 is 15.0 Å². The first kappa shape index (κ1) is 16.8. The lowest BCUT2D eigenvalue weighted by Gasteiger charge is -2.27. The number of rotatable bonds is 4. The summed E-state index contributed by atoms with van der Waals surface area (Å²) in [4.78, 5) is 14.1. The van der Waals surface area contributed by atoms with Gasteiger partial charge in [-0.25, -0.2) is 0 Å². The SMILES string of the molecule is COc1ccccc1CN(C)C(=O)C1CCCNC1.Cl. The molecule has 1 aromatic carbocycles. The van der Waals surface area contributed by atoms with Crippen LogP contribution in [-0.2, 0) is 11.3 Å². The van der Waals surface area contributed by atoms with Gasteiger partial charge in [-0.05, 0) is 25.5 Å². The first-order chi connectivity index (χ1) is 9.22. The molecule has 1 aromatic rings. The van der Waals surface area contributed by atoms with Crippen LogP contribution in [0.3, 0.4) is 0 Å². The van der Waals surface area contributed by atoms with E-state index in [0.717, 1.165) is 37.2 Å². The molecule has 20 heavy (non-hydrogen) atoms. The molecule has 1 aliphatic rings. The maximum Gasteiger partial charge on any atom is 0.227 e. The molecule has 0 radical (unpaired) electrons. The predicted molar refractivity (Wildman–Crippen MR) is 82.3 cm³/mol. The Hall–Kier alpha value is -1.26. The van der Waals surface area contributed by atoms with Crippen molar-refractivity contribution in [1.29, 1.82) is 0 Å². The van der Waals surface area contributed by atoms with Crippen molar-refractivity contribution in [3.8, 4) is 5.75 Å². The van der Waals surface area contributed by atoms with Gasteiger partial charge in [-0.2, -0.15) is 0 Å². The second-order valence-electron chi connectivity index (χ2n) is 5.05. The maximum absolute atomic E-state index is 12.3. The summed E-state index contributed by atoms with van der Waals surface area (Å²) < 4.78 is 5.32. The van der Waals surface area contributed by atoms with Crippen LogP contribution in [-0.4, -0.2) is 38.1 Å². The van der Waals surface area contributed by atoms with Crippen LogP contribution in [0.25, 0.3) is 0 Å². The van der Waals surface area contributed by atoms with Gasteiger partial charge in [0, 0.05) is 25.7 Å².